The Hall–Kier alpha value is -1.90. The van der Waals surface area contributed by atoms with Crippen LogP contribution < -0.4 is 0 Å². The Balaban J connectivity index is 2.21. The van der Waals surface area contributed by atoms with Crippen LogP contribution in [0.25, 0.3) is 0 Å². The fraction of sp³-hybridized carbons (Fsp3) is 0.231. The molecule has 0 unspecified atom stereocenters. The van der Waals surface area contributed by atoms with Crippen LogP contribution in [0.2, 0.25) is 0 Å². The van der Waals surface area contributed by atoms with E-state index in [0.717, 1.165) is 0 Å². The zero-order valence-corrected chi connectivity index (χ0v) is 9.36. The third-order valence-corrected chi connectivity index (χ3v) is 2.52. The van der Waals surface area contributed by atoms with E-state index in [1.165, 1.54) is 24.3 Å². The molecule has 0 aliphatic carbocycles. The largest absolute Gasteiger partial charge is 0.448 e. The summed E-state index contributed by atoms with van der Waals surface area (Å²) in [5.74, 6) is 0.513. The van der Waals surface area contributed by atoms with Gasteiger partial charge in [-0.1, -0.05) is 24.3 Å². The lowest BCUT2D eigenvalue weighted by molar-refractivity contribution is 0.101. The van der Waals surface area contributed by atoms with Crippen molar-refractivity contribution in [3.05, 3.63) is 53.2 Å². The van der Waals surface area contributed by atoms with Crippen molar-refractivity contribution in [2.24, 2.45) is 0 Å². The number of Topliss-reactive ketones (excluding diaryl/α,β-unsaturated/α-hetero) is 1. The fourth-order valence-corrected chi connectivity index (χ4v) is 1.53. The van der Waals surface area contributed by atoms with Gasteiger partial charge < -0.3 is 4.42 Å². The Morgan fingerprint density at radius 2 is 2.12 bits per heavy atom. The molecule has 0 amide bonds. The van der Waals surface area contributed by atoms with Crippen LogP contribution in [-0.4, -0.2) is 10.8 Å². The molecule has 0 aliphatic rings. The monoisotopic (exact) mass is 215 g/mol. The number of hydrogen-bond donors (Lipinski definition) is 0. The minimum Gasteiger partial charge on any atom is -0.448 e. The van der Waals surface area contributed by atoms with Crippen molar-refractivity contribution in [2.75, 3.05) is 0 Å². The van der Waals surface area contributed by atoms with Crippen LogP contribution in [0, 0.1) is 6.92 Å². The molecule has 0 fully saturated rings. The van der Waals surface area contributed by atoms with Gasteiger partial charge in [-0.2, -0.15) is 0 Å². The number of oxazole rings is 1. The molecule has 1 heterocycles. The number of aromatic nitrogens is 1. The quantitative estimate of drug-likeness (QED) is 0.739. The first kappa shape index (κ1) is 10.6. The molecule has 0 spiro atoms. The molecule has 0 radical (unpaired) electrons. The van der Waals surface area contributed by atoms with Crippen LogP contribution in [0.3, 0.4) is 0 Å². The Bertz CT molecular complexity index is 514. The second kappa shape index (κ2) is 4.31. The summed E-state index contributed by atoms with van der Waals surface area (Å²) in [4.78, 5) is 15.2. The van der Waals surface area contributed by atoms with Crippen LogP contribution in [0.1, 0.15) is 34.4 Å². The highest BCUT2D eigenvalue weighted by atomic mass is 16.3. The van der Waals surface area contributed by atoms with Gasteiger partial charge in [-0.15, -0.1) is 0 Å². The van der Waals surface area contributed by atoms with E-state index in [9.17, 15) is 4.79 Å². The summed E-state index contributed by atoms with van der Waals surface area (Å²) in [5, 5.41) is 0. The Kier molecular flexibility index (Phi) is 2.86. The van der Waals surface area contributed by atoms with E-state index < -0.39 is 0 Å². The smallest absolute Gasteiger partial charge is 0.199 e. The van der Waals surface area contributed by atoms with Crippen molar-refractivity contribution in [3.8, 4) is 0 Å². The summed E-state index contributed by atoms with van der Waals surface area (Å²) in [6.07, 6.45) is 2.04. The third-order valence-electron chi connectivity index (χ3n) is 2.52. The first-order valence-corrected chi connectivity index (χ1v) is 5.16. The lowest BCUT2D eigenvalue weighted by atomic mass is 10.1. The highest BCUT2D eigenvalue weighted by molar-refractivity contribution is 5.91. The van der Waals surface area contributed by atoms with E-state index in [1.54, 1.807) is 0 Å². The minimum absolute atomic E-state index is 0.0696. The second-order valence-electron chi connectivity index (χ2n) is 3.79. The van der Waals surface area contributed by atoms with Gasteiger partial charge in [0.05, 0.1) is 0 Å². The third kappa shape index (κ3) is 2.19. The van der Waals surface area contributed by atoms with Gasteiger partial charge in [0.2, 0.25) is 0 Å². The summed E-state index contributed by atoms with van der Waals surface area (Å²) >= 11 is 0. The van der Waals surface area contributed by atoms with Gasteiger partial charge in [0.1, 0.15) is 12.0 Å². The first-order chi connectivity index (χ1) is 7.66. The normalized spacial score (nSPS) is 10.4. The lowest BCUT2D eigenvalue weighted by Crippen LogP contribution is -1.95. The van der Waals surface area contributed by atoms with E-state index in [2.05, 4.69) is 4.98 Å². The highest BCUT2D eigenvalue weighted by Crippen LogP contribution is 2.13. The zero-order chi connectivity index (χ0) is 11.5. The van der Waals surface area contributed by atoms with Gasteiger partial charge in [0, 0.05) is 13.3 Å². The van der Waals surface area contributed by atoms with Crippen molar-refractivity contribution in [1.82, 2.24) is 4.98 Å². The fourth-order valence-electron chi connectivity index (χ4n) is 1.53. The van der Waals surface area contributed by atoms with Crippen LogP contribution in [0.5, 0.6) is 0 Å². The van der Waals surface area contributed by atoms with Crippen LogP contribution >= 0.6 is 0 Å². The van der Waals surface area contributed by atoms with Gasteiger partial charge in [-0.05, 0) is 18.1 Å². The number of carbonyl (C=O) groups excluding carboxylic acids is 1. The molecule has 0 aliphatic heterocycles. The minimum atomic E-state index is -0.0696. The maximum absolute atomic E-state index is 11.1. The molecule has 0 bridgehead atoms. The molecule has 2 aromatic rings. The van der Waals surface area contributed by atoms with E-state index in [-0.39, 0.29) is 5.78 Å². The molecular weight excluding hydrogens is 202 g/mol. The summed E-state index contributed by atoms with van der Waals surface area (Å²) < 4.78 is 5.25. The van der Waals surface area contributed by atoms with E-state index >= 15 is 0 Å². The van der Waals surface area contributed by atoms with E-state index in [0.29, 0.717) is 18.0 Å². The molecule has 1 aromatic carbocycles. The first-order valence-electron chi connectivity index (χ1n) is 5.16. The predicted molar refractivity (Wildman–Crippen MR) is 60.5 cm³/mol. The molecule has 0 atom stereocenters. The van der Waals surface area contributed by atoms with Crippen molar-refractivity contribution >= 4 is 5.78 Å². The lowest BCUT2D eigenvalue weighted by Gasteiger charge is -2.01. The second-order valence-corrected chi connectivity index (χ2v) is 3.79. The van der Waals surface area contributed by atoms with Crippen molar-refractivity contribution in [3.63, 3.8) is 0 Å². The Labute approximate surface area is 94.1 Å². The number of ketones is 1. The molecule has 82 valence electrons. The molecule has 1 aromatic heterocycles. The maximum atomic E-state index is 11.1. The number of aryl methyl sites for hydroxylation is 1. The molecular formula is C13H13NO2. The molecule has 3 heteroatoms. The molecule has 3 nitrogen and oxygen atoms in total. The number of benzene rings is 1. The molecule has 0 saturated heterocycles. The average Bonchev–Trinajstić information content (AvgIpc) is 2.70. The molecule has 2 rings (SSSR count). The van der Waals surface area contributed by atoms with Crippen LogP contribution in [0.15, 0.2) is 34.9 Å². The van der Waals surface area contributed by atoms with E-state index in [4.69, 9.17) is 4.42 Å². The highest BCUT2D eigenvalue weighted by Gasteiger charge is 2.09. The van der Waals surface area contributed by atoms with Gasteiger partial charge in [-0.3, -0.25) is 4.79 Å². The van der Waals surface area contributed by atoms with Gasteiger partial charge >= 0.3 is 0 Å². The van der Waals surface area contributed by atoms with Gasteiger partial charge in [0.15, 0.2) is 11.7 Å². The number of nitrogens with zero attached hydrogens (tertiary/aromatic N) is 1. The molecule has 0 saturated carbocycles. The van der Waals surface area contributed by atoms with E-state index in [1.807, 2.05) is 31.2 Å². The number of rotatable bonds is 3. The Morgan fingerprint density at radius 3 is 2.75 bits per heavy atom. The maximum Gasteiger partial charge on any atom is 0.199 e. The topological polar surface area (TPSA) is 43.1 Å². The van der Waals surface area contributed by atoms with Crippen molar-refractivity contribution < 1.29 is 9.21 Å². The SMILES string of the molecule is CC(=O)c1coc(Cc2ccccc2C)n1. The summed E-state index contributed by atoms with van der Waals surface area (Å²) in [6.45, 7) is 3.53. The number of hydrogen-bond acceptors (Lipinski definition) is 3. The summed E-state index contributed by atoms with van der Waals surface area (Å²) in [6, 6.07) is 8.06. The summed E-state index contributed by atoms with van der Waals surface area (Å²) in [7, 11) is 0. The van der Waals surface area contributed by atoms with Crippen LogP contribution in [-0.2, 0) is 6.42 Å². The van der Waals surface area contributed by atoms with Crippen LogP contribution in [0.4, 0.5) is 0 Å². The predicted octanol–water partition coefficient (Wildman–Crippen LogP) is 2.78. The zero-order valence-electron chi connectivity index (χ0n) is 9.36. The Morgan fingerprint density at radius 1 is 1.38 bits per heavy atom. The van der Waals surface area contributed by atoms with Crippen molar-refractivity contribution in [1.29, 1.82) is 0 Å². The van der Waals surface area contributed by atoms with Gasteiger partial charge in [-0.25, -0.2) is 4.98 Å². The summed E-state index contributed by atoms with van der Waals surface area (Å²) in [5.41, 5.74) is 2.76. The standard InChI is InChI=1S/C13H13NO2/c1-9-5-3-4-6-11(9)7-13-14-12(8-16-13)10(2)15/h3-6,8H,7H2,1-2H3. The molecule has 16 heavy (non-hydrogen) atoms. The molecule has 0 N–H and O–H groups in total. The number of carbonyl (C=O) groups is 1. The average molecular weight is 215 g/mol. The van der Waals surface area contributed by atoms with Gasteiger partial charge in [0.25, 0.3) is 0 Å². The van der Waals surface area contributed by atoms with Crippen molar-refractivity contribution in [2.45, 2.75) is 20.3 Å².